The second-order valence-electron chi connectivity index (χ2n) is 3.22. The maximum absolute atomic E-state index is 11.2. The van der Waals surface area contributed by atoms with E-state index in [0.29, 0.717) is 19.4 Å². The van der Waals surface area contributed by atoms with Gasteiger partial charge in [-0.25, -0.2) is 0 Å². The summed E-state index contributed by atoms with van der Waals surface area (Å²) in [7, 11) is 0. The first kappa shape index (κ1) is 11.1. The minimum absolute atomic E-state index is 0.0234. The van der Waals surface area contributed by atoms with Gasteiger partial charge in [0.1, 0.15) is 0 Å². The molecule has 0 aliphatic carbocycles. The Bertz CT molecular complexity index is 362. The Morgan fingerprint density at radius 2 is 2.07 bits per heavy atom. The van der Waals surface area contributed by atoms with Crippen LogP contribution in [0, 0.1) is 12.3 Å². The lowest BCUT2D eigenvalue weighted by Crippen LogP contribution is -2.22. The Kier molecular flexibility index (Phi) is 4.24. The van der Waals surface area contributed by atoms with Gasteiger partial charge in [-0.3, -0.25) is 4.79 Å². The van der Waals surface area contributed by atoms with Crippen molar-refractivity contribution in [2.45, 2.75) is 19.4 Å². The van der Waals surface area contributed by atoms with Gasteiger partial charge in [-0.1, -0.05) is 12.1 Å². The molecule has 1 aromatic carbocycles. The molecule has 1 rings (SSSR count). The quantitative estimate of drug-likeness (QED) is 0.571. The summed E-state index contributed by atoms with van der Waals surface area (Å²) in [6.45, 7) is 0.518. The number of anilines is 1. The third-order valence-corrected chi connectivity index (χ3v) is 1.97. The van der Waals surface area contributed by atoms with Gasteiger partial charge >= 0.3 is 0 Å². The average molecular weight is 202 g/mol. The maximum atomic E-state index is 11.2. The number of nitrogens with two attached hydrogens (primary N) is 1. The second-order valence-corrected chi connectivity index (χ2v) is 3.22. The van der Waals surface area contributed by atoms with Gasteiger partial charge in [0.2, 0.25) is 5.91 Å². The van der Waals surface area contributed by atoms with Gasteiger partial charge in [0.25, 0.3) is 0 Å². The summed E-state index contributed by atoms with van der Waals surface area (Å²) in [5.41, 5.74) is 7.28. The number of nitrogen functional groups attached to an aromatic ring is 1. The lowest BCUT2D eigenvalue weighted by atomic mass is 10.2. The molecule has 15 heavy (non-hydrogen) atoms. The summed E-state index contributed by atoms with van der Waals surface area (Å²) in [6.07, 6.45) is 5.92. The molecule has 0 atom stereocenters. The fraction of sp³-hybridized carbons (Fsp3) is 0.250. The molecule has 1 amide bonds. The van der Waals surface area contributed by atoms with E-state index in [0.717, 1.165) is 11.3 Å². The molecule has 0 unspecified atom stereocenters. The van der Waals surface area contributed by atoms with Crippen molar-refractivity contribution in [3.8, 4) is 12.3 Å². The van der Waals surface area contributed by atoms with Crippen molar-refractivity contribution in [1.29, 1.82) is 0 Å². The highest BCUT2D eigenvalue weighted by molar-refractivity contribution is 5.76. The first-order valence-electron chi connectivity index (χ1n) is 4.77. The van der Waals surface area contributed by atoms with E-state index in [1.165, 1.54) is 0 Å². The van der Waals surface area contributed by atoms with Gasteiger partial charge < -0.3 is 11.1 Å². The van der Waals surface area contributed by atoms with Crippen LogP contribution < -0.4 is 11.1 Å². The number of terminal acetylenes is 1. The fourth-order valence-corrected chi connectivity index (χ4v) is 1.11. The lowest BCUT2D eigenvalue weighted by molar-refractivity contribution is -0.121. The molecule has 0 heterocycles. The minimum Gasteiger partial charge on any atom is -0.399 e. The smallest absolute Gasteiger partial charge is 0.221 e. The Labute approximate surface area is 89.7 Å². The van der Waals surface area contributed by atoms with E-state index in [-0.39, 0.29) is 5.91 Å². The Balaban J connectivity index is 2.34. The number of hydrogen-bond donors (Lipinski definition) is 2. The van der Waals surface area contributed by atoms with E-state index in [4.69, 9.17) is 12.2 Å². The highest BCUT2D eigenvalue weighted by atomic mass is 16.1. The van der Waals surface area contributed by atoms with Crippen LogP contribution in [0.15, 0.2) is 24.3 Å². The van der Waals surface area contributed by atoms with E-state index in [2.05, 4.69) is 11.2 Å². The van der Waals surface area contributed by atoms with E-state index in [1.54, 1.807) is 0 Å². The van der Waals surface area contributed by atoms with E-state index >= 15 is 0 Å². The SMILES string of the molecule is C#CCCC(=O)NCc1ccc(N)cc1. The number of benzene rings is 1. The molecule has 0 radical (unpaired) electrons. The van der Waals surface area contributed by atoms with Gasteiger partial charge in [0, 0.05) is 25.1 Å². The molecule has 3 nitrogen and oxygen atoms in total. The van der Waals surface area contributed by atoms with Crippen molar-refractivity contribution in [2.75, 3.05) is 5.73 Å². The van der Waals surface area contributed by atoms with Crippen LogP contribution in [0.2, 0.25) is 0 Å². The number of carbonyl (C=O) groups excluding carboxylic acids is 1. The molecule has 1 aromatic rings. The zero-order valence-electron chi connectivity index (χ0n) is 8.49. The van der Waals surface area contributed by atoms with Crippen LogP contribution in [0.1, 0.15) is 18.4 Å². The number of rotatable bonds is 4. The van der Waals surface area contributed by atoms with Crippen LogP contribution in [0.25, 0.3) is 0 Å². The standard InChI is InChI=1S/C12H14N2O/c1-2-3-4-12(15)14-9-10-5-7-11(13)8-6-10/h1,5-8H,3-4,9,13H2,(H,14,15). The summed E-state index contributed by atoms with van der Waals surface area (Å²) in [5, 5.41) is 2.78. The highest BCUT2D eigenvalue weighted by Crippen LogP contribution is 2.04. The maximum Gasteiger partial charge on any atom is 0.221 e. The van der Waals surface area contributed by atoms with Crippen molar-refractivity contribution in [2.24, 2.45) is 0 Å². The Hall–Kier alpha value is -1.95. The molecule has 3 N–H and O–H groups in total. The first-order chi connectivity index (χ1) is 7.22. The van der Waals surface area contributed by atoms with E-state index < -0.39 is 0 Å². The summed E-state index contributed by atoms with van der Waals surface area (Å²) in [4.78, 5) is 11.2. The van der Waals surface area contributed by atoms with Crippen LogP contribution in [-0.4, -0.2) is 5.91 Å². The van der Waals surface area contributed by atoms with Crippen LogP contribution in [0.3, 0.4) is 0 Å². The van der Waals surface area contributed by atoms with Crippen molar-refractivity contribution >= 4 is 11.6 Å². The normalized spacial score (nSPS) is 9.27. The molecule has 0 aliphatic rings. The molecule has 0 saturated carbocycles. The van der Waals surface area contributed by atoms with Crippen molar-refractivity contribution in [1.82, 2.24) is 5.32 Å². The predicted octanol–water partition coefficient (Wildman–Crippen LogP) is 1.30. The van der Waals surface area contributed by atoms with Crippen molar-refractivity contribution in [3.05, 3.63) is 29.8 Å². The minimum atomic E-state index is -0.0234. The molecule has 3 heteroatoms. The number of hydrogen-bond acceptors (Lipinski definition) is 2. The Morgan fingerprint density at radius 3 is 2.67 bits per heavy atom. The summed E-state index contributed by atoms with van der Waals surface area (Å²) >= 11 is 0. The second kappa shape index (κ2) is 5.71. The third kappa shape index (κ3) is 4.19. The topological polar surface area (TPSA) is 55.1 Å². The van der Waals surface area contributed by atoms with Gasteiger partial charge in [-0.2, -0.15) is 0 Å². The van der Waals surface area contributed by atoms with Gasteiger partial charge in [-0.05, 0) is 17.7 Å². The average Bonchev–Trinajstić information content (AvgIpc) is 2.25. The molecular weight excluding hydrogens is 188 g/mol. The first-order valence-corrected chi connectivity index (χ1v) is 4.77. The molecule has 0 spiro atoms. The molecular formula is C12H14N2O. The molecule has 0 bridgehead atoms. The van der Waals surface area contributed by atoms with Crippen molar-refractivity contribution < 1.29 is 4.79 Å². The molecule has 0 fully saturated rings. The summed E-state index contributed by atoms with van der Waals surface area (Å²) in [6, 6.07) is 7.39. The zero-order valence-corrected chi connectivity index (χ0v) is 8.49. The number of nitrogens with one attached hydrogen (secondary N) is 1. The Morgan fingerprint density at radius 1 is 1.40 bits per heavy atom. The van der Waals surface area contributed by atoms with Gasteiger partial charge in [0.15, 0.2) is 0 Å². The largest absolute Gasteiger partial charge is 0.399 e. The number of amides is 1. The third-order valence-electron chi connectivity index (χ3n) is 1.97. The monoisotopic (exact) mass is 202 g/mol. The van der Waals surface area contributed by atoms with E-state index in [1.807, 2.05) is 24.3 Å². The lowest BCUT2D eigenvalue weighted by Gasteiger charge is -2.04. The van der Waals surface area contributed by atoms with Gasteiger partial charge in [-0.15, -0.1) is 12.3 Å². The van der Waals surface area contributed by atoms with Crippen LogP contribution in [0.4, 0.5) is 5.69 Å². The van der Waals surface area contributed by atoms with Crippen molar-refractivity contribution in [3.63, 3.8) is 0 Å². The summed E-state index contributed by atoms with van der Waals surface area (Å²) in [5.74, 6) is 2.40. The molecule has 78 valence electrons. The predicted molar refractivity (Wildman–Crippen MR) is 60.8 cm³/mol. The molecule has 0 aromatic heterocycles. The fourth-order valence-electron chi connectivity index (χ4n) is 1.11. The van der Waals surface area contributed by atoms with Crippen LogP contribution in [0.5, 0.6) is 0 Å². The molecule has 0 saturated heterocycles. The van der Waals surface area contributed by atoms with Crippen LogP contribution in [-0.2, 0) is 11.3 Å². The number of carbonyl (C=O) groups is 1. The van der Waals surface area contributed by atoms with E-state index in [9.17, 15) is 4.79 Å². The summed E-state index contributed by atoms with van der Waals surface area (Å²) < 4.78 is 0. The zero-order chi connectivity index (χ0) is 11.1. The van der Waals surface area contributed by atoms with Gasteiger partial charge in [0.05, 0.1) is 0 Å². The van der Waals surface area contributed by atoms with Crippen LogP contribution >= 0.6 is 0 Å². The highest BCUT2D eigenvalue weighted by Gasteiger charge is 1.99. The molecule has 0 aliphatic heterocycles.